The number of nitrogens with zero attached hydrogens (tertiary/aromatic N) is 2. The third-order valence-electron chi connectivity index (χ3n) is 2.93. The minimum Gasteiger partial charge on any atom is -0.478 e. The smallest absolute Gasteiger partial charge is 0.338 e. The molecule has 2 heterocycles. The molecule has 0 aliphatic heterocycles. The van der Waals surface area contributed by atoms with Crippen LogP contribution < -0.4 is 10.5 Å². The predicted octanol–water partition coefficient (Wildman–Crippen LogP) is 2.70. The molecule has 21 heavy (non-hydrogen) atoms. The second-order valence-electron chi connectivity index (χ2n) is 4.38. The molecule has 6 heteroatoms. The van der Waals surface area contributed by atoms with Gasteiger partial charge in [-0.3, -0.25) is 4.98 Å². The lowest BCUT2D eigenvalue weighted by Crippen LogP contribution is -2.03. The van der Waals surface area contributed by atoms with Crippen molar-refractivity contribution in [1.82, 2.24) is 9.97 Å². The van der Waals surface area contributed by atoms with Gasteiger partial charge in [0.15, 0.2) is 0 Å². The molecule has 1 aromatic carbocycles. The number of para-hydroxylation sites is 1. The first kappa shape index (κ1) is 12.9. The summed E-state index contributed by atoms with van der Waals surface area (Å²) in [5.41, 5.74) is 6.44. The Labute approximate surface area is 119 Å². The van der Waals surface area contributed by atoms with Gasteiger partial charge in [-0.2, -0.15) is 0 Å². The van der Waals surface area contributed by atoms with Gasteiger partial charge in [0.25, 0.3) is 0 Å². The number of aromatic carboxylic acids is 1. The minimum atomic E-state index is -1.13. The number of nitrogens with two attached hydrogens (primary N) is 1. The van der Waals surface area contributed by atoms with E-state index in [0.717, 1.165) is 10.9 Å². The molecular weight excluding hydrogens is 270 g/mol. The molecule has 0 spiro atoms. The number of anilines is 1. The van der Waals surface area contributed by atoms with Crippen LogP contribution >= 0.6 is 0 Å². The molecular formula is C15H11N3O3. The normalized spacial score (nSPS) is 10.5. The SMILES string of the molecule is Nc1cnc(Oc2cnc3ccccc3c2)cc1C(=O)O. The Morgan fingerprint density at radius 2 is 1.95 bits per heavy atom. The highest BCUT2D eigenvalue weighted by atomic mass is 16.5. The lowest BCUT2D eigenvalue weighted by molar-refractivity contribution is 0.0697. The van der Waals surface area contributed by atoms with E-state index < -0.39 is 5.97 Å². The second-order valence-corrected chi connectivity index (χ2v) is 4.38. The molecule has 0 unspecified atom stereocenters. The molecule has 0 amide bonds. The van der Waals surface area contributed by atoms with E-state index in [2.05, 4.69) is 9.97 Å². The van der Waals surface area contributed by atoms with E-state index in [-0.39, 0.29) is 17.1 Å². The van der Waals surface area contributed by atoms with Crippen molar-refractivity contribution < 1.29 is 14.6 Å². The van der Waals surface area contributed by atoms with Crippen LogP contribution in [0.15, 0.2) is 48.8 Å². The first-order chi connectivity index (χ1) is 10.1. The van der Waals surface area contributed by atoms with Crippen molar-refractivity contribution in [2.24, 2.45) is 0 Å². The van der Waals surface area contributed by atoms with Gasteiger partial charge in [0.05, 0.1) is 29.2 Å². The van der Waals surface area contributed by atoms with Gasteiger partial charge >= 0.3 is 5.97 Å². The van der Waals surface area contributed by atoms with E-state index in [1.165, 1.54) is 12.3 Å². The number of hydrogen-bond acceptors (Lipinski definition) is 5. The summed E-state index contributed by atoms with van der Waals surface area (Å²) < 4.78 is 5.54. The third kappa shape index (κ3) is 2.59. The number of hydrogen-bond donors (Lipinski definition) is 2. The van der Waals surface area contributed by atoms with Crippen molar-refractivity contribution in [3.05, 3.63) is 54.4 Å². The standard InChI is InChI=1S/C15H11N3O3/c16-12-8-18-14(6-11(12)15(19)20)21-10-5-9-3-1-2-4-13(9)17-7-10/h1-8H,16H2,(H,19,20). The van der Waals surface area contributed by atoms with Gasteiger partial charge in [0.2, 0.25) is 5.88 Å². The van der Waals surface area contributed by atoms with Gasteiger partial charge in [-0.1, -0.05) is 18.2 Å². The van der Waals surface area contributed by atoms with E-state index in [1.54, 1.807) is 12.3 Å². The molecule has 0 fully saturated rings. The molecule has 0 atom stereocenters. The average Bonchev–Trinajstić information content (AvgIpc) is 2.49. The molecule has 0 aliphatic rings. The monoisotopic (exact) mass is 281 g/mol. The number of pyridine rings is 2. The van der Waals surface area contributed by atoms with Gasteiger partial charge in [-0.15, -0.1) is 0 Å². The van der Waals surface area contributed by atoms with E-state index in [0.29, 0.717) is 5.75 Å². The number of carboxylic acids is 1. The van der Waals surface area contributed by atoms with Gasteiger partial charge in [0.1, 0.15) is 5.75 Å². The Kier molecular flexibility index (Phi) is 3.12. The van der Waals surface area contributed by atoms with Crippen molar-refractivity contribution in [2.75, 3.05) is 5.73 Å². The van der Waals surface area contributed by atoms with Crippen LogP contribution in [0, 0.1) is 0 Å². The number of ether oxygens (including phenoxy) is 1. The highest BCUT2D eigenvalue weighted by Gasteiger charge is 2.11. The molecule has 0 aliphatic carbocycles. The molecule has 104 valence electrons. The van der Waals surface area contributed by atoms with Gasteiger partial charge < -0.3 is 15.6 Å². The summed E-state index contributed by atoms with van der Waals surface area (Å²) in [4.78, 5) is 19.2. The van der Waals surface area contributed by atoms with Gasteiger partial charge in [-0.05, 0) is 12.1 Å². The van der Waals surface area contributed by atoms with Crippen LogP contribution in [0.3, 0.4) is 0 Å². The number of nitrogen functional groups attached to an aromatic ring is 1. The molecule has 3 aromatic rings. The Hall–Kier alpha value is -3.15. The number of benzene rings is 1. The molecule has 0 bridgehead atoms. The largest absolute Gasteiger partial charge is 0.478 e. The zero-order chi connectivity index (χ0) is 14.8. The number of fused-ring (bicyclic) bond motifs is 1. The van der Waals surface area contributed by atoms with Crippen molar-refractivity contribution in [2.45, 2.75) is 0 Å². The fraction of sp³-hybridized carbons (Fsp3) is 0. The van der Waals surface area contributed by atoms with Crippen molar-refractivity contribution in [3.63, 3.8) is 0 Å². The van der Waals surface area contributed by atoms with Crippen LogP contribution in [0.4, 0.5) is 5.69 Å². The molecule has 6 nitrogen and oxygen atoms in total. The highest BCUT2D eigenvalue weighted by Crippen LogP contribution is 2.24. The molecule has 2 aromatic heterocycles. The Morgan fingerprint density at radius 1 is 1.14 bits per heavy atom. The summed E-state index contributed by atoms with van der Waals surface area (Å²) in [5, 5.41) is 9.94. The van der Waals surface area contributed by atoms with E-state index >= 15 is 0 Å². The maximum atomic E-state index is 11.0. The highest BCUT2D eigenvalue weighted by molar-refractivity contribution is 5.93. The van der Waals surface area contributed by atoms with Crippen LogP contribution in [0.1, 0.15) is 10.4 Å². The lowest BCUT2D eigenvalue weighted by Gasteiger charge is -2.07. The lowest BCUT2D eigenvalue weighted by atomic mass is 10.2. The molecule has 3 rings (SSSR count). The van der Waals surface area contributed by atoms with Crippen LogP contribution in [0.25, 0.3) is 10.9 Å². The van der Waals surface area contributed by atoms with Crippen molar-refractivity contribution >= 4 is 22.6 Å². The Morgan fingerprint density at radius 3 is 2.76 bits per heavy atom. The van der Waals surface area contributed by atoms with Crippen LogP contribution in [0.5, 0.6) is 11.6 Å². The summed E-state index contributed by atoms with van der Waals surface area (Å²) in [7, 11) is 0. The van der Waals surface area contributed by atoms with Gasteiger partial charge in [-0.25, -0.2) is 9.78 Å². The maximum absolute atomic E-state index is 11.0. The van der Waals surface area contributed by atoms with Crippen LogP contribution in [-0.2, 0) is 0 Å². The summed E-state index contributed by atoms with van der Waals surface area (Å²) in [6.07, 6.45) is 2.81. The first-order valence-corrected chi connectivity index (χ1v) is 6.15. The molecule has 0 radical (unpaired) electrons. The molecule has 0 saturated heterocycles. The number of rotatable bonds is 3. The zero-order valence-electron chi connectivity index (χ0n) is 10.9. The van der Waals surface area contributed by atoms with Crippen molar-refractivity contribution in [3.8, 4) is 11.6 Å². The van der Waals surface area contributed by atoms with Crippen LogP contribution in [-0.4, -0.2) is 21.0 Å². The maximum Gasteiger partial charge on any atom is 0.338 e. The second kappa shape index (κ2) is 5.09. The van der Waals surface area contributed by atoms with Gasteiger partial charge in [0, 0.05) is 11.5 Å². The topological polar surface area (TPSA) is 98.3 Å². The Bertz CT molecular complexity index is 833. The predicted molar refractivity (Wildman–Crippen MR) is 77.4 cm³/mol. The fourth-order valence-corrected chi connectivity index (χ4v) is 1.92. The molecule has 3 N–H and O–H groups in total. The summed E-state index contributed by atoms with van der Waals surface area (Å²) in [6, 6.07) is 10.7. The minimum absolute atomic E-state index is 0.0475. The number of aromatic nitrogens is 2. The summed E-state index contributed by atoms with van der Waals surface area (Å²) in [6.45, 7) is 0. The first-order valence-electron chi connectivity index (χ1n) is 6.15. The third-order valence-corrected chi connectivity index (χ3v) is 2.93. The van der Waals surface area contributed by atoms with E-state index in [9.17, 15) is 4.79 Å². The Balaban J connectivity index is 1.94. The quantitative estimate of drug-likeness (QED) is 0.765. The average molecular weight is 281 g/mol. The van der Waals surface area contributed by atoms with Crippen molar-refractivity contribution in [1.29, 1.82) is 0 Å². The zero-order valence-corrected chi connectivity index (χ0v) is 10.9. The summed E-state index contributed by atoms with van der Waals surface area (Å²) >= 11 is 0. The summed E-state index contributed by atoms with van der Waals surface area (Å²) in [5.74, 6) is -0.502. The van der Waals surface area contributed by atoms with E-state index in [4.69, 9.17) is 15.6 Å². The van der Waals surface area contributed by atoms with E-state index in [1.807, 2.05) is 24.3 Å². The van der Waals surface area contributed by atoms with Crippen LogP contribution in [0.2, 0.25) is 0 Å². The number of carboxylic acid groups (broad SMARTS) is 1. The fourth-order valence-electron chi connectivity index (χ4n) is 1.92. The molecule has 0 saturated carbocycles. The number of carbonyl (C=O) groups is 1.